The van der Waals surface area contributed by atoms with Gasteiger partial charge in [-0.1, -0.05) is 6.92 Å². The van der Waals surface area contributed by atoms with E-state index in [0.717, 1.165) is 17.0 Å². The van der Waals surface area contributed by atoms with Gasteiger partial charge >= 0.3 is 0 Å². The Bertz CT molecular complexity index is 578. The standard InChI is InChI=1S/C14H18N2O2/c1-7-8(2)17-9(3)13(7)14-16-11-6-10(15)4-5-12(11)18-14/h4-9,13H,15H2,1-3H3. The first kappa shape index (κ1) is 11.5. The predicted molar refractivity (Wildman–Crippen MR) is 70.3 cm³/mol. The van der Waals surface area contributed by atoms with E-state index in [1.54, 1.807) is 0 Å². The van der Waals surface area contributed by atoms with Crippen LogP contribution < -0.4 is 5.73 Å². The highest BCUT2D eigenvalue weighted by atomic mass is 16.5. The molecule has 4 atom stereocenters. The van der Waals surface area contributed by atoms with Gasteiger partial charge in [-0.25, -0.2) is 4.98 Å². The summed E-state index contributed by atoms with van der Waals surface area (Å²) < 4.78 is 11.7. The molecule has 0 saturated carbocycles. The lowest BCUT2D eigenvalue weighted by atomic mass is 9.89. The molecule has 18 heavy (non-hydrogen) atoms. The third kappa shape index (κ3) is 1.68. The lowest BCUT2D eigenvalue weighted by Gasteiger charge is -2.13. The van der Waals surface area contributed by atoms with Gasteiger partial charge in [-0.3, -0.25) is 0 Å². The molecule has 0 amide bonds. The molecule has 3 rings (SSSR count). The zero-order valence-electron chi connectivity index (χ0n) is 10.9. The van der Waals surface area contributed by atoms with Crippen LogP contribution in [-0.4, -0.2) is 17.2 Å². The van der Waals surface area contributed by atoms with Gasteiger partial charge in [0.15, 0.2) is 5.58 Å². The molecular formula is C14H18N2O2. The normalized spacial score (nSPS) is 32.2. The van der Waals surface area contributed by atoms with E-state index in [-0.39, 0.29) is 18.1 Å². The van der Waals surface area contributed by atoms with Gasteiger partial charge in [0.05, 0.1) is 18.1 Å². The highest BCUT2D eigenvalue weighted by molar-refractivity contribution is 5.76. The van der Waals surface area contributed by atoms with Gasteiger partial charge < -0.3 is 14.9 Å². The molecule has 4 unspecified atom stereocenters. The van der Waals surface area contributed by atoms with Gasteiger partial charge in [0.25, 0.3) is 0 Å². The first-order valence-corrected chi connectivity index (χ1v) is 6.37. The summed E-state index contributed by atoms with van der Waals surface area (Å²) in [6, 6.07) is 5.55. The summed E-state index contributed by atoms with van der Waals surface area (Å²) >= 11 is 0. The topological polar surface area (TPSA) is 61.3 Å². The zero-order valence-corrected chi connectivity index (χ0v) is 10.9. The summed E-state index contributed by atoms with van der Waals surface area (Å²) in [6.45, 7) is 6.36. The van der Waals surface area contributed by atoms with Crippen molar-refractivity contribution in [3.8, 4) is 0 Å². The van der Waals surface area contributed by atoms with E-state index in [0.29, 0.717) is 11.6 Å². The number of hydrogen-bond donors (Lipinski definition) is 1. The number of benzene rings is 1. The van der Waals surface area contributed by atoms with Crippen LogP contribution in [0.2, 0.25) is 0 Å². The van der Waals surface area contributed by atoms with Crippen LogP contribution in [0.15, 0.2) is 22.6 Å². The summed E-state index contributed by atoms with van der Waals surface area (Å²) in [5.74, 6) is 1.39. The smallest absolute Gasteiger partial charge is 0.201 e. The van der Waals surface area contributed by atoms with Crippen molar-refractivity contribution in [2.75, 3.05) is 5.73 Å². The molecule has 2 heterocycles. The monoisotopic (exact) mass is 246 g/mol. The fourth-order valence-corrected chi connectivity index (χ4v) is 2.80. The molecule has 0 bridgehead atoms. The molecule has 4 nitrogen and oxygen atoms in total. The fourth-order valence-electron chi connectivity index (χ4n) is 2.80. The van der Waals surface area contributed by atoms with E-state index in [1.807, 2.05) is 18.2 Å². The van der Waals surface area contributed by atoms with Gasteiger partial charge in [0.2, 0.25) is 5.89 Å². The third-order valence-electron chi connectivity index (χ3n) is 3.96. The van der Waals surface area contributed by atoms with Crippen molar-refractivity contribution in [2.24, 2.45) is 5.92 Å². The van der Waals surface area contributed by atoms with Gasteiger partial charge in [0, 0.05) is 5.69 Å². The first-order valence-electron chi connectivity index (χ1n) is 6.37. The number of nitrogen functional groups attached to an aromatic ring is 1. The van der Waals surface area contributed by atoms with Crippen molar-refractivity contribution in [3.05, 3.63) is 24.1 Å². The average molecular weight is 246 g/mol. The molecule has 96 valence electrons. The number of rotatable bonds is 1. The molecule has 1 aliphatic rings. The second-order valence-corrected chi connectivity index (χ2v) is 5.21. The molecule has 0 spiro atoms. The highest BCUT2D eigenvalue weighted by Gasteiger charge is 2.40. The third-order valence-corrected chi connectivity index (χ3v) is 3.96. The molecule has 0 radical (unpaired) electrons. The Morgan fingerprint density at radius 2 is 1.94 bits per heavy atom. The van der Waals surface area contributed by atoms with E-state index < -0.39 is 0 Å². The van der Waals surface area contributed by atoms with Crippen molar-refractivity contribution in [3.63, 3.8) is 0 Å². The summed E-state index contributed by atoms with van der Waals surface area (Å²) in [4.78, 5) is 4.56. The minimum atomic E-state index is 0.139. The van der Waals surface area contributed by atoms with Crippen LogP contribution in [0.5, 0.6) is 0 Å². The first-order chi connectivity index (χ1) is 8.56. The SMILES string of the molecule is CC1OC(C)C(c2nc3cc(N)ccc3o2)C1C. The van der Waals surface area contributed by atoms with Gasteiger partial charge in [-0.15, -0.1) is 0 Å². The predicted octanol–water partition coefficient (Wildman–Crippen LogP) is 2.94. The second-order valence-electron chi connectivity index (χ2n) is 5.21. The van der Waals surface area contributed by atoms with Crippen LogP contribution in [0.1, 0.15) is 32.6 Å². The maximum absolute atomic E-state index is 5.85. The number of aromatic nitrogens is 1. The van der Waals surface area contributed by atoms with Gasteiger partial charge in [0.1, 0.15) is 5.52 Å². The zero-order chi connectivity index (χ0) is 12.9. The van der Waals surface area contributed by atoms with Crippen LogP contribution >= 0.6 is 0 Å². The second kappa shape index (κ2) is 3.99. The number of ether oxygens (including phenoxy) is 1. The number of hydrogen-bond acceptors (Lipinski definition) is 4. The lowest BCUT2D eigenvalue weighted by molar-refractivity contribution is 0.0546. The number of nitrogens with zero attached hydrogens (tertiary/aromatic N) is 1. The summed E-state index contributed by atoms with van der Waals surface area (Å²) in [5, 5.41) is 0. The van der Waals surface area contributed by atoms with Crippen molar-refractivity contribution < 1.29 is 9.15 Å². The molecule has 1 saturated heterocycles. The Morgan fingerprint density at radius 3 is 2.61 bits per heavy atom. The average Bonchev–Trinajstić information content (AvgIpc) is 2.80. The molecule has 2 N–H and O–H groups in total. The maximum Gasteiger partial charge on any atom is 0.201 e. The summed E-state index contributed by atoms with van der Waals surface area (Å²) in [6.07, 6.45) is 0.380. The molecule has 1 aromatic heterocycles. The van der Waals surface area contributed by atoms with Crippen LogP contribution in [0.25, 0.3) is 11.1 Å². The number of fused-ring (bicyclic) bond motifs is 1. The van der Waals surface area contributed by atoms with Crippen LogP contribution in [0.3, 0.4) is 0 Å². The summed E-state index contributed by atoms with van der Waals surface area (Å²) in [7, 11) is 0. The molecule has 0 aliphatic carbocycles. The largest absolute Gasteiger partial charge is 0.440 e. The minimum Gasteiger partial charge on any atom is -0.440 e. The minimum absolute atomic E-state index is 0.139. The van der Waals surface area contributed by atoms with E-state index in [4.69, 9.17) is 14.9 Å². The Labute approximate surface area is 106 Å². The fraction of sp³-hybridized carbons (Fsp3) is 0.500. The lowest BCUT2D eigenvalue weighted by Crippen LogP contribution is -2.15. The Kier molecular flexibility index (Phi) is 2.55. The molecule has 1 fully saturated rings. The van der Waals surface area contributed by atoms with Crippen molar-refractivity contribution in [1.82, 2.24) is 4.98 Å². The number of anilines is 1. The van der Waals surface area contributed by atoms with E-state index in [2.05, 4.69) is 25.8 Å². The van der Waals surface area contributed by atoms with E-state index in [1.165, 1.54) is 0 Å². The van der Waals surface area contributed by atoms with Crippen LogP contribution in [0, 0.1) is 5.92 Å². The molecule has 4 heteroatoms. The summed E-state index contributed by atoms with van der Waals surface area (Å²) in [5.41, 5.74) is 8.08. The molecule has 1 aliphatic heterocycles. The van der Waals surface area contributed by atoms with Crippen molar-refractivity contribution in [2.45, 2.75) is 38.9 Å². The van der Waals surface area contributed by atoms with Crippen LogP contribution in [-0.2, 0) is 4.74 Å². The Hall–Kier alpha value is -1.55. The van der Waals surface area contributed by atoms with Gasteiger partial charge in [-0.05, 0) is 38.0 Å². The Balaban J connectivity index is 2.04. The molecule has 2 aromatic rings. The van der Waals surface area contributed by atoms with Crippen molar-refractivity contribution >= 4 is 16.8 Å². The maximum atomic E-state index is 5.85. The number of nitrogens with two attached hydrogens (primary N) is 1. The number of oxazole rings is 1. The highest BCUT2D eigenvalue weighted by Crippen LogP contribution is 2.40. The van der Waals surface area contributed by atoms with Crippen molar-refractivity contribution in [1.29, 1.82) is 0 Å². The Morgan fingerprint density at radius 1 is 1.17 bits per heavy atom. The van der Waals surface area contributed by atoms with E-state index >= 15 is 0 Å². The molecule has 1 aromatic carbocycles. The molecular weight excluding hydrogens is 228 g/mol. The van der Waals surface area contributed by atoms with E-state index in [9.17, 15) is 0 Å². The van der Waals surface area contributed by atoms with Gasteiger partial charge in [-0.2, -0.15) is 0 Å². The van der Waals surface area contributed by atoms with Crippen LogP contribution in [0.4, 0.5) is 5.69 Å². The quantitative estimate of drug-likeness (QED) is 0.786.